The second kappa shape index (κ2) is 6.08. The van der Waals surface area contributed by atoms with E-state index in [4.69, 9.17) is 11.6 Å². The van der Waals surface area contributed by atoms with Crippen molar-refractivity contribution in [3.05, 3.63) is 29.3 Å². The molecular formula is C12H11ClN2O3S. The van der Waals surface area contributed by atoms with Gasteiger partial charge in [0.1, 0.15) is 13.1 Å². The Morgan fingerprint density at radius 2 is 1.89 bits per heavy atom. The molecule has 1 aromatic carbocycles. The fourth-order valence-electron chi connectivity index (χ4n) is 1.61. The number of imide groups is 1. The lowest BCUT2D eigenvalue weighted by molar-refractivity contribution is -0.144. The van der Waals surface area contributed by atoms with Gasteiger partial charge in [0.2, 0.25) is 17.7 Å². The third-order valence-electron chi connectivity index (χ3n) is 2.49. The third kappa shape index (κ3) is 3.71. The molecule has 1 N–H and O–H groups in total. The van der Waals surface area contributed by atoms with Crippen molar-refractivity contribution < 1.29 is 14.4 Å². The molecule has 100 valence electrons. The van der Waals surface area contributed by atoms with E-state index in [1.807, 2.05) is 18.2 Å². The minimum absolute atomic E-state index is 0.0757. The maximum atomic E-state index is 11.9. The number of piperazine rings is 1. The Balaban J connectivity index is 1.93. The van der Waals surface area contributed by atoms with E-state index in [9.17, 15) is 14.4 Å². The van der Waals surface area contributed by atoms with Crippen molar-refractivity contribution in [3.8, 4) is 0 Å². The summed E-state index contributed by atoms with van der Waals surface area (Å²) < 4.78 is 0. The van der Waals surface area contributed by atoms with Crippen molar-refractivity contribution in [1.82, 2.24) is 10.2 Å². The number of amides is 3. The number of nitrogens with zero attached hydrogens (tertiary/aromatic N) is 1. The molecule has 1 saturated heterocycles. The molecule has 1 aromatic rings. The Morgan fingerprint density at radius 1 is 1.26 bits per heavy atom. The van der Waals surface area contributed by atoms with Gasteiger partial charge >= 0.3 is 0 Å². The molecule has 19 heavy (non-hydrogen) atoms. The molecule has 0 spiro atoms. The minimum atomic E-state index is -0.452. The van der Waals surface area contributed by atoms with E-state index in [1.165, 1.54) is 16.7 Å². The van der Waals surface area contributed by atoms with Crippen LogP contribution in [0.2, 0.25) is 5.02 Å². The van der Waals surface area contributed by atoms with Gasteiger partial charge in [0, 0.05) is 4.90 Å². The van der Waals surface area contributed by atoms with Crippen molar-refractivity contribution in [2.45, 2.75) is 4.90 Å². The van der Waals surface area contributed by atoms with Gasteiger partial charge in [0.05, 0.1) is 10.8 Å². The Morgan fingerprint density at radius 3 is 2.53 bits per heavy atom. The van der Waals surface area contributed by atoms with Gasteiger partial charge in [0.15, 0.2) is 0 Å². The first-order chi connectivity index (χ1) is 9.06. The maximum absolute atomic E-state index is 11.9. The number of halogens is 1. The predicted octanol–water partition coefficient (Wildman–Crippen LogP) is 0.917. The summed E-state index contributed by atoms with van der Waals surface area (Å²) in [6.07, 6.45) is 0. The van der Waals surface area contributed by atoms with Crippen molar-refractivity contribution in [2.75, 3.05) is 18.8 Å². The first-order valence-electron chi connectivity index (χ1n) is 5.54. The summed E-state index contributed by atoms with van der Waals surface area (Å²) in [5, 5.41) is 2.72. The molecule has 0 bridgehead atoms. The average molecular weight is 299 g/mol. The molecular weight excluding hydrogens is 288 g/mol. The predicted molar refractivity (Wildman–Crippen MR) is 71.9 cm³/mol. The fourth-order valence-corrected chi connectivity index (χ4v) is 2.75. The summed E-state index contributed by atoms with van der Waals surface area (Å²) >= 11 is 7.26. The molecule has 1 aliphatic rings. The van der Waals surface area contributed by atoms with Crippen molar-refractivity contribution >= 4 is 41.1 Å². The van der Waals surface area contributed by atoms with Crippen LogP contribution in [0.25, 0.3) is 0 Å². The molecule has 1 heterocycles. The molecule has 0 aromatic heterocycles. The van der Waals surface area contributed by atoms with Crippen LogP contribution in [-0.2, 0) is 14.4 Å². The summed E-state index contributed by atoms with van der Waals surface area (Å²) in [5.74, 6) is -1.02. The lowest BCUT2D eigenvalue weighted by atomic mass is 10.3. The number of rotatable bonds is 3. The van der Waals surface area contributed by atoms with Crippen LogP contribution in [-0.4, -0.2) is 41.5 Å². The molecule has 0 aliphatic carbocycles. The van der Waals surface area contributed by atoms with Gasteiger partial charge in [-0.15, -0.1) is 11.8 Å². The third-order valence-corrected chi connectivity index (χ3v) is 3.99. The van der Waals surface area contributed by atoms with Crippen LogP contribution < -0.4 is 5.32 Å². The van der Waals surface area contributed by atoms with Gasteiger partial charge in [-0.1, -0.05) is 23.7 Å². The number of hydrogen-bond donors (Lipinski definition) is 1. The van der Waals surface area contributed by atoms with E-state index in [0.29, 0.717) is 5.02 Å². The van der Waals surface area contributed by atoms with E-state index in [-0.39, 0.29) is 24.7 Å². The molecule has 0 unspecified atom stereocenters. The molecule has 3 amide bonds. The average Bonchev–Trinajstić information content (AvgIpc) is 2.36. The largest absolute Gasteiger partial charge is 0.323 e. The molecule has 2 rings (SSSR count). The number of benzene rings is 1. The van der Waals surface area contributed by atoms with Crippen molar-refractivity contribution in [1.29, 1.82) is 0 Å². The van der Waals surface area contributed by atoms with Crippen LogP contribution in [0.5, 0.6) is 0 Å². The van der Waals surface area contributed by atoms with Crippen molar-refractivity contribution in [3.63, 3.8) is 0 Å². The number of nitrogens with one attached hydrogen (secondary N) is 1. The summed E-state index contributed by atoms with van der Waals surface area (Å²) in [6, 6.07) is 7.19. The van der Waals surface area contributed by atoms with Gasteiger partial charge in [0.25, 0.3) is 0 Å². The standard InChI is InChI=1S/C12H11ClN2O3S/c13-8-3-1-2-4-9(8)19-7-12(18)15-5-10(16)14-11(17)6-15/h1-4H,5-7H2,(H,14,16,17). The van der Waals surface area contributed by atoms with Gasteiger partial charge in [-0.05, 0) is 12.1 Å². The van der Waals surface area contributed by atoms with Gasteiger partial charge in [-0.3, -0.25) is 19.7 Å². The van der Waals surface area contributed by atoms with Crippen LogP contribution in [0, 0.1) is 0 Å². The summed E-state index contributed by atoms with van der Waals surface area (Å²) in [7, 11) is 0. The Bertz CT molecular complexity index is 519. The highest BCUT2D eigenvalue weighted by Gasteiger charge is 2.26. The lowest BCUT2D eigenvalue weighted by Crippen LogP contribution is -2.53. The topological polar surface area (TPSA) is 66.5 Å². The van der Waals surface area contributed by atoms with Gasteiger partial charge in [-0.25, -0.2) is 0 Å². The smallest absolute Gasteiger partial charge is 0.246 e. The van der Waals surface area contributed by atoms with E-state index in [0.717, 1.165) is 4.90 Å². The molecule has 1 aliphatic heterocycles. The SMILES string of the molecule is O=C1CN(C(=O)CSc2ccccc2Cl)CC(=O)N1. The Hall–Kier alpha value is -1.53. The van der Waals surface area contributed by atoms with E-state index < -0.39 is 11.8 Å². The van der Waals surface area contributed by atoms with Crippen molar-refractivity contribution in [2.24, 2.45) is 0 Å². The summed E-state index contributed by atoms with van der Waals surface area (Å²) in [6.45, 7) is -0.151. The summed E-state index contributed by atoms with van der Waals surface area (Å²) in [4.78, 5) is 36.3. The first-order valence-corrected chi connectivity index (χ1v) is 6.90. The zero-order chi connectivity index (χ0) is 13.8. The van der Waals surface area contributed by atoms with Gasteiger partial charge < -0.3 is 4.90 Å². The number of carbonyl (C=O) groups is 3. The molecule has 0 radical (unpaired) electrons. The summed E-state index contributed by atoms with van der Waals surface area (Å²) in [5.41, 5.74) is 0. The van der Waals surface area contributed by atoms with Gasteiger partial charge in [-0.2, -0.15) is 0 Å². The quantitative estimate of drug-likeness (QED) is 0.665. The first kappa shape index (κ1) is 13.9. The van der Waals surface area contributed by atoms with Crippen LogP contribution in [0.15, 0.2) is 29.2 Å². The molecule has 1 fully saturated rings. The van der Waals surface area contributed by atoms with Crippen LogP contribution in [0.3, 0.4) is 0 Å². The molecule has 0 atom stereocenters. The van der Waals surface area contributed by atoms with E-state index in [1.54, 1.807) is 6.07 Å². The zero-order valence-corrected chi connectivity index (χ0v) is 11.5. The Labute approximate surface area is 119 Å². The highest BCUT2D eigenvalue weighted by molar-refractivity contribution is 8.00. The minimum Gasteiger partial charge on any atom is -0.323 e. The van der Waals surface area contributed by atoms with E-state index >= 15 is 0 Å². The van der Waals surface area contributed by atoms with Crippen LogP contribution in [0.4, 0.5) is 0 Å². The molecule has 0 saturated carbocycles. The monoisotopic (exact) mass is 298 g/mol. The number of thioether (sulfide) groups is 1. The highest BCUT2D eigenvalue weighted by Crippen LogP contribution is 2.26. The maximum Gasteiger partial charge on any atom is 0.246 e. The normalized spacial score (nSPS) is 15.3. The zero-order valence-electron chi connectivity index (χ0n) is 9.89. The fraction of sp³-hybridized carbons (Fsp3) is 0.250. The van der Waals surface area contributed by atoms with E-state index in [2.05, 4.69) is 5.32 Å². The second-order valence-corrected chi connectivity index (χ2v) is 5.36. The van der Waals surface area contributed by atoms with Crippen LogP contribution >= 0.6 is 23.4 Å². The second-order valence-electron chi connectivity index (χ2n) is 3.94. The highest BCUT2D eigenvalue weighted by atomic mass is 35.5. The molecule has 5 nitrogen and oxygen atoms in total. The van der Waals surface area contributed by atoms with Crippen LogP contribution in [0.1, 0.15) is 0 Å². The lowest BCUT2D eigenvalue weighted by Gasteiger charge is -2.25. The number of hydrogen-bond acceptors (Lipinski definition) is 4. The molecule has 7 heteroatoms. The number of carbonyl (C=O) groups excluding carboxylic acids is 3. The Kier molecular flexibility index (Phi) is 4.44.